The van der Waals surface area contributed by atoms with E-state index in [0.29, 0.717) is 11.0 Å². The van der Waals surface area contributed by atoms with Gasteiger partial charge < -0.3 is 15.0 Å². The molecule has 0 amide bonds. The summed E-state index contributed by atoms with van der Waals surface area (Å²) in [5.74, 6) is 0.733. The lowest BCUT2D eigenvalue weighted by molar-refractivity contribution is 0.415. The number of rotatable bonds is 3. The lowest BCUT2D eigenvalue weighted by atomic mass is 10.1. The van der Waals surface area contributed by atoms with Crippen molar-refractivity contribution in [2.45, 2.75) is 13.3 Å². The maximum Gasteiger partial charge on any atom is 0.277 e. The molecule has 1 aromatic carbocycles. The Bertz CT molecular complexity index is 805. The molecule has 0 fully saturated rings. The monoisotopic (exact) mass is 285 g/mol. The summed E-state index contributed by atoms with van der Waals surface area (Å²) in [5.41, 5.74) is 6.62. The molecule has 0 radical (unpaired) electrons. The Hall–Kier alpha value is -2.56. The van der Waals surface area contributed by atoms with Crippen molar-refractivity contribution in [2.24, 2.45) is 12.8 Å². The number of nitrogens with two attached hydrogens (primary N) is 1. The number of hydrogen-bond donors (Lipinski definition) is 1. The molecule has 1 aromatic heterocycles. The van der Waals surface area contributed by atoms with Crippen LogP contribution in [0.5, 0.6) is 5.75 Å². The zero-order chi connectivity index (χ0) is 15.4. The van der Waals surface area contributed by atoms with Gasteiger partial charge in [0.2, 0.25) is 0 Å². The molecular weight excluding hydrogens is 266 g/mol. The summed E-state index contributed by atoms with van der Waals surface area (Å²) in [6, 6.07) is 7.22. The Labute approximate surface area is 123 Å². The Morgan fingerprint density at radius 2 is 2.00 bits per heavy atom. The fourth-order valence-electron chi connectivity index (χ4n) is 2.16. The van der Waals surface area contributed by atoms with E-state index in [9.17, 15) is 4.79 Å². The van der Waals surface area contributed by atoms with Gasteiger partial charge in [0.1, 0.15) is 16.8 Å². The molecule has 2 N–H and O–H groups in total. The predicted molar refractivity (Wildman–Crippen MR) is 84.1 cm³/mol. The van der Waals surface area contributed by atoms with Gasteiger partial charge in [0.25, 0.3) is 5.56 Å². The summed E-state index contributed by atoms with van der Waals surface area (Å²) in [6.07, 6.45) is 4.16. The topological polar surface area (TPSA) is 70.1 Å². The van der Waals surface area contributed by atoms with Crippen LogP contribution in [0.3, 0.4) is 0 Å². The van der Waals surface area contributed by atoms with Gasteiger partial charge >= 0.3 is 0 Å². The summed E-state index contributed by atoms with van der Waals surface area (Å²) in [7, 11) is 3.33. The minimum absolute atomic E-state index is 0.148. The molecule has 0 aliphatic rings. The first-order valence-electron chi connectivity index (χ1n) is 6.76. The van der Waals surface area contributed by atoms with Gasteiger partial charge in [-0.25, -0.2) is 4.98 Å². The maximum atomic E-state index is 12.5. The van der Waals surface area contributed by atoms with Gasteiger partial charge in [-0.1, -0.05) is 13.0 Å². The third kappa shape index (κ3) is 2.81. The van der Waals surface area contributed by atoms with Crippen LogP contribution in [0, 0.1) is 0 Å². The second-order valence-electron chi connectivity index (χ2n) is 4.60. The van der Waals surface area contributed by atoms with Crippen LogP contribution in [-0.2, 0) is 7.05 Å². The van der Waals surface area contributed by atoms with E-state index in [1.165, 1.54) is 6.20 Å². The maximum absolute atomic E-state index is 12.5. The van der Waals surface area contributed by atoms with Crippen molar-refractivity contribution >= 4 is 12.3 Å². The first-order chi connectivity index (χ1) is 10.1. The first-order valence-corrected chi connectivity index (χ1v) is 6.76. The van der Waals surface area contributed by atoms with Crippen molar-refractivity contribution in [3.05, 3.63) is 45.3 Å². The highest BCUT2D eigenvalue weighted by Gasteiger charge is 2.08. The highest BCUT2D eigenvalue weighted by molar-refractivity contribution is 5.59. The summed E-state index contributed by atoms with van der Waals surface area (Å²) < 4.78 is 6.70. The third-order valence-corrected chi connectivity index (χ3v) is 3.28. The van der Waals surface area contributed by atoms with Gasteiger partial charge in [0.05, 0.1) is 12.5 Å². The van der Waals surface area contributed by atoms with Crippen LogP contribution in [0.2, 0.25) is 0 Å². The van der Waals surface area contributed by atoms with E-state index >= 15 is 0 Å². The molecule has 110 valence electrons. The Balaban J connectivity index is 2.74. The lowest BCUT2D eigenvalue weighted by Gasteiger charge is -2.06. The Kier molecular flexibility index (Phi) is 4.42. The molecular formula is C16H19N3O2. The van der Waals surface area contributed by atoms with Crippen LogP contribution < -0.4 is 26.7 Å². The quantitative estimate of drug-likeness (QED) is 0.883. The third-order valence-electron chi connectivity index (χ3n) is 3.28. The van der Waals surface area contributed by atoms with E-state index in [1.807, 2.05) is 25.1 Å². The predicted octanol–water partition coefficient (Wildman–Crippen LogP) is 0.343. The number of benzene rings is 1. The number of methoxy groups -OCH3 is 1. The van der Waals surface area contributed by atoms with Crippen LogP contribution >= 0.6 is 0 Å². The van der Waals surface area contributed by atoms with Crippen molar-refractivity contribution in [3.63, 3.8) is 0 Å². The van der Waals surface area contributed by atoms with Gasteiger partial charge in [-0.3, -0.25) is 4.79 Å². The van der Waals surface area contributed by atoms with Crippen LogP contribution in [0.4, 0.5) is 0 Å². The molecule has 0 saturated carbocycles. The molecule has 0 bridgehead atoms. The minimum Gasteiger partial charge on any atom is -0.497 e. The van der Waals surface area contributed by atoms with Crippen molar-refractivity contribution < 1.29 is 4.74 Å². The van der Waals surface area contributed by atoms with Crippen molar-refractivity contribution in [1.29, 1.82) is 0 Å². The molecule has 0 unspecified atom stereocenters. The summed E-state index contributed by atoms with van der Waals surface area (Å²) in [4.78, 5) is 16.9. The number of aromatic nitrogens is 2. The van der Waals surface area contributed by atoms with E-state index in [0.717, 1.165) is 23.1 Å². The fraction of sp³-hybridized carbons (Fsp3) is 0.250. The minimum atomic E-state index is -0.148. The van der Waals surface area contributed by atoms with Crippen molar-refractivity contribution in [3.8, 4) is 17.0 Å². The molecule has 0 aliphatic heterocycles. The molecule has 2 aromatic rings. The molecule has 0 spiro atoms. The average Bonchev–Trinajstić information content (AvgIpc) is 2.52. The number of ether oxygens (including phenoxy) is 1. The summed E-state index contributed by atoms with van der Waals surface area (Å²) in [6.45, 7) is 2.00. The molecule has 0 aliphatic carbocycles. The van der Waals surface area contributed by atoms with Gasteiger partial charge in [0.15, 0.2) is 0 Å². The molecule has 1 heterocycles. The Morgan fingerprint density at radius 3 is 2.52 bits per heavy atom. The zero-order valence-corrected chi connectivity index (χ0v) is 12.5. The number of hydrogen-bond acceptors (Lipinski definition) is 4. The smallest absolute Gasteiger partial charge is 0.277 e. The van der Waals surface area contributed by atoms with Crippen molar-refractivity contribution in [1.82, 2.24) is 9.55 Å². The molecule has 0 saturated heterocycles. The highest BCUT2D eigenvalue weighted by atomic mass is 16.5. The van der Waals surface area contributed by atoms with Crippen molar-refractivity contribution in [2.75, 3.05) is 7.11 Å². The van der Waals surface area contributed by atoms with Crippen LogP contribution in [-0.4, -0.2) is 16.7 Å². The molecule has 2 rings (SSSR count). The van der Waals surface area contributed by atoms with E-state index in [-0.39, 0.29) is 5.56 Å². The molecule has 21 heavy (non-hydrogen) atoms. The fourth-order valence-corrected chi connectivity index (χ4v) is 2.16. The van der Waals surface area contributed by atoms with Crippen LogP contribution in [0.25, 0.3) is 23.5 Å². The average molecular weight is 285 g/mol. The van der Waals surface area contributed by atoms with E-state index in [1.54, 1.807) is 30.9 Å². The van der Waals surface area contributed by atoms with E-state index < -0.39 is 0 Å². The Morgan fingerprint density at radius 1 is 1.33 bits per heavy atom. The molecule has 5 heteroatoms. The molecule has 5 nitrogen and oxygen atoms in total. The summed E-state index contributed by atoms with van der Waals surface area (Å²) in [5, 5.41) is 1.34. The summed E-state index contributed by atoms with van der Waals surface area (Å²) >= 11 is 0. The number of nitrogens with zero attached hydrogens (tertiary/aromatic N) is 2. The van der Waals surface area contributed by atoms with Gasteiger partial charge in [-0.15, -0.1) is 0 Å². The molecule has 0 atom stereocenters. The van der Waals surface area contributed by atoms with Gasteiger partial charge in [0, 0.05) is 18.8 Å². The standard InChI is InChI=1S/C16H19N3O2/c1-4-5-14-13(10-17)18-15(16(20)19(14)2)11-6-8-12(21-3)9-7-11/h5-10H,4,17H2,1-3H3/b13-10+,14-5+. The van der Waals surface area contributed by atoms with Gasteiger partial charge in [-0.2, -0.15) is 0 Å². The largest absolute Gasteiger partial charge is 0.497 e. The normalized spacial score (nSPS) is 12.7. The SMILES string of the molecule is CC/C=c1\c(=C/N)nc(-c2ccc(OC)cc2)c(=O)n1C. The second kappa shape index (κ2) is 6.26. The van der Waals surface area contributed by atoms with Crippen LogP contribution in [0.1, 0.15) is 13.3 Å². The van der Waals surface area contributed by atoms with E-state index in [4.69, 9.17) is 10.5 Å². The first kappa shape index (κ1) is 14.8. The van der Waals surface area contributed by atoms with E-state index in [2.05, 4.69) is 4.98 Å². The lowest BCUT2D eigenvalue weighted by Crippen LogP contribution is -2.45. The highest BCUT2D eigenvalue weighted by Crippen LogP contribution is 2.16. The zero-order valence-electron chi connectivity index (χ0n) is 12.5. The van der Waals surface area contributed by atoms with Crippen LogP contribution in [0.15, 0.2) is 29.1 Å². The second-order valence-corrected chi connectivity index (χ2v) is 4.60. The van der Waals surface area contributed by atoms with Gasteiger partial charge in [-0.05, 0) is 30.7 Å².